The number of ether oxygens (including phenoxy) is 1. The van der Waals surface area contributed by atoms with E-state index in [-0.39, 0.29) is 0 Å². The molecule has 1 aliphatic heterocycles. The molecule has 0 aliphatic carbocycles. The zero-order valence-electron chi connectivity index (χ0n) is 15.9. The largest absolute Gasteiger partial charge is 0.378 e. The second kappa shape index (κ2) is 9.07. The maximum Gasteiger partial charge on any atom is 0.246 e. The van der Waals surface area contributed by atoms with Crippen molar-refractivity contribution in [3.05, 3.63) is 42.1 Å². The number of fused-ring (bicyclic) bond motifs is 1. The maximum atomic E-state index is 5.46. The van der Waals surface area contributed by atoms with Crippen LogP contribution in [-0.4, -0.2) is 53.2 Å². The molecule has 146 valence electrons. The van der Waals surface area contributed by atoms with Crippen molar-refractivity contribution in [3.63, 3.8) is 0 Å². The van der Waals surface area contributed by atoms with Gasteiger partial charge in [-0.1, -0.05) is 25.1 Å². The van der Waals surface area contributed by atoms with Crippen molar-refractivity contribution < 1.29 is 4.74 Å². The number of morpholine rings is 1. The van der Waals surface area contributed by atoms with Crippen molar-refractivity contribution >= 4 is 40.6 Å². The highest BCUT2D eigenvalue weighted by molar-refractivity contribution is 7.99. The minimum absolute atomic E-state index is 0.513. The Balaban J connectivity index is 1.53. The third-order valence-electron chi connectivity index (χ3n) is 4.47. The van der Waals surface area contributed by atoms with Crippen LogP contribution in [0.25, 0.3) is 10.9 Å². The number of hydrazone groups is 1. The molecule has 0 radical (unpaired) electrons. The van der Waals surface area contributed by atoms with Crippen molar-refractivity contribution in [2.24, 2.45) is 5.10 Å². The summed E-state index contributed by atoms with van der Waals surface area (Å²) in [5.41, 5.74) is 5.12. The first-order chi connectivity index (χ1) is 13.8. The molecular formula is C20H24N6OS. The fraction of sp³-hybridized carbons (Fsp3) is 0.350. The number of aromatic nitrogens is 3. The average Bonchev–Trinajstić information content (AvgIpc) is 3.16. The summed E-state index contributed by atoms with van der Waals surface area (Å²) in [6.07, 6.45) is 4.84. The van der Waals surface area contributed by atoms with Crippen LogP contribution in [0.15, 0.2) is 46.7 Å². The van der Waals surface area contributed by atoms with Gasteiger partial charge in [-0.3, -0.25) is 0 Å². The predicted octanol–water partition coefficient (Wildman–Crippen LogP) is 3.74. The van der Waals surface area contributed by atoms with E-state index in [1.165, 1.54) is 0 Å². The predicted molar refractivity (Wildman–Crippen MR) is 116 cm³/mol. The van der Waals surface area contributed by atoms with Crippen LogP contribution >= 0.6 is 11.8 Å². The molecule has 2 aromatic heterocycles. The molecule has 0 unspecified atom stereocenters. The second-order valence-electron chi connectivity index (χ2n) is 6.50. The molecular weight excluding hydrogens is 372 g/mol. The molecule has 4 rings (SSSR count). The molecule has 28 heavy (non-hydrogen) atoms. The van der Waals surface area contributed by atoms with Crippen LogP contribution in [-0.2, 0) is 4.74 Å². The van der Waals surface area contributed by atoms with Crippen molar-refractivity contribution in [1.82, 2.24) is 15.0 Å². The van der Waals surface area contributed by atoms with E-state index in [4.69, 9.17) is 4.74 Å². The van der Waals surface area contributed by atoms with Gasteiger partial charge in [-0.2, -0.15) is 10.1 Å². The Hall–Kier alpha value is -2.58. The van der Waals surface area contributed by atoms with E-state index in [1.54, 1.807) is 18.0 Å². The average molecular weight is 397 g/mol. The Kier molecular flexibility index (Phi) is 6.08. The number of aromatic amines is 1. The summed E-state index contributed by atoms with van der Waals surface area (Å²) in [5.74, 6) is 2.46. The number of benzene rings is 1. The molecule has 1 fully saturated rings. The number of hydrogen-bond donors (Lipinski definition) is 2. The molecule has 2 N–H and O–H groups in total. The first-order valence-electron chi connectivity index (χ1n) is 9.53. The molecule has 0 amide bonds. The normalized spacial score (nSPS) is 14.8. The molecule has 1 saturated heterocycles. The molecule has 0 bridgehead atoms. The fourth-order valence-corrected chi connectivity index (χ4v) is 3.81. The van der Waals surface area contributed by atoms with Gasteiger partial charge in [0.25, 0.3) is 0 Å². The Morgan fingerprint density at radius 1 is 1.29 bits per heavy atom. The molecule has 1 aromatic carbocycles. The Bertz CT molecular complexity index is 951. The topological polar surface area (TPSA) is 78.4 Å². The highest BCUT2D eigenvalue weighted by Gasteiger charge is 2.15. The van der Waals surface area contributed by atoms with Gasteiger partial charge in [-0.05, 0) is 18.2 Å². The van der Waals surface area contributed by atoms with Crippen molar-refractivity contribution in [1.29, 1.82) is 0 Å². The molecule has 8 heteroatoms. The summed E-state index contributed by atoms with van der Waals surface area (Å²) in [7, 11) is 0. The van der Waals surface area contributed by atoms with Gasteiger partial charge in [0, 0.05) is 41.8 Å². The number of nitrogens with zero attached hydrogens (tertiary/aromatic N) is 4. The van der Waals surface area contributed by atoms with Crippen LogP contribution in [0.5, 0.6) is 0 Å². The first-order valence-corrected chi connectivity index (χ1v) is 10.5. The van der Waals surface area contributed by atoms with Crippen LogP contribution in [0.2, 0.25) is 0 Å². The summed E-state index contributed by atoms with van der Waals surface area (Å²) in [6.45, 7) is 5.30. The van der Waals surface area contributed by atoms with Crippen molar-refractivity contribution in [2.45, 2.75) is 18.4 Å². The molecule has 3 aromatic rings. The van der Waals surface area contributed by atoms with Gasteiger partial charge >= 0.3 is 0 Å². The lowest BCUT2D eigenvalue weighted by Gasteiger charge is -2.28. The standard InChI is InChI=1S/C20H24N6OS/c1-2-11-28-19-12-18(26-7-9-27-10-8-26)23-20(24-19)25-22-14-15-13-21-17-6-4-3-5-16(15)17/h3-6,12-14,21H,2,7-11H2,1H3,(H,23,24,25). The van der Waals surface area contributed by atoms with Crippen molar-refractivity contribution in [3.8, 4) is 0 Å². The highest BCUT2D eigenvalue weighted by Crippen LogP contribution is 2.24. The molecule has 7 nitrogen and oxygen atoms in total. The smallest absolute Gasteiger partial charge is 0.246 e. The van der Waals surface area contributed by atoms with E-state index in [0.29, 0.717) is 5.95 Å². The Morgan fingerprint density at radius 2 is 2.14 bits per heavy atom. The number of anilines is 2. The summed E-state index contributed by atoms with van der Waals surface area (Å²) in [6, 6.07) is 10.2. The summed E-state index contributed by atoms with van der Waals surface area (Å²) in [4.78, 5) is 14.7. The zero-order chi connectivity index (χ0) is 19.2. The lowest BCUT2D eigenvalue weighted by Crippen LogP contribution is -2.36. The third kappa shape index (κ3) is 4.45. The molecule has 0 saturated carbocycles. The van der Waals surface area contributed by atoms with E-state index in [9.17, 15) is 0 Å². The highest BCUT2D eigenvalue weighted by atomic mass is 32.2. The van der Waals surface area contributed by atoms with Crippen molar-refractivity contribution in [2.75, 3.05) is 42.4 Å². The summed E-state index contributed by atoms with van der Waals surface area (Å²) in [5, 5.41) is 6.47. The van der Waals surface area contributed by atoms with E-state index in [2.05, 4.69) is 49.4 Å². The number of thioether (sulfide) groups is 1. The van der Waals surface area contributed by atoms with Gasteiger partial charge in [-0.15, -0.1) is 11.8 Å². The van der Waals surface area contributed by atoms with E-state index >= 15 is 0 Å². The van der Waals surface area contributed by atoms with Crippen LogP contribution in [0.1, 0.15) is 18.9 Å². The van der Waals surface area contributed by atoms with Gasteiger partial charge in [-0.25, -0.2) is 10.4 Å². The SMILES string of the molecule is CCCSc1cc(N2CCOCC2)nc(NN=Cc2c[nH]c3ccccc23)n1. The Labute approximate surface area is 168 Å². The summed E-state index contributed by atoms with van der Waals surface area (Å²) < 4.78 is 5.46. The minimum atomic E-state index is 0.513. The number of rotatable bonds is 7. The van der Waals surface area contributed by atoms with Crippen LogP contribution < -0.4 is 10.3 Å². The monoisotopic (exact) mass is 396 g/mol. The summed E-state index contributed by atoms with van der Waals surface area (Å²) >= 11 is 1.74. The molecule has 0 spiro atoms. The quantitative estimate of drug-likeness (QED) is 0.274. The van der Waals surface area contributed by atoms with E-state index in [1.807, 2.05) is 24.4 Å². The lowest BCUT2D eigenvalue weighted by molar-refractivity contribution is 0.122. The Morgan fingerprint density at radius 3 is 3.00 bits per heavy atom. The van der Waals surface area contributed by atoms with Gasteiger partial charge < -0.3 is 14.6 Å². The molecule has 0 atom stereocenters. The number of nitrogens with one attached hydrogen (secondary N) is 2. The van der Waals surface area contributed by atoms with Gasteiger partial charge in [0.15, 0.2) is 0 Å². The minimum Gasteiger partial charge on any atom is -0.378 e. The van der Waals surface area contributed by atoms with Gasteiger partial charge in [0.1, 0.15) is 10.8 Å². The molecule has 3 heterocycles. The van der Waals surface area contributed by atoms with Crippen LogP contribution in [0, 0.1) is 0 Å². The van der Waals surface area contributed by atoms with E-state index < -0.39 is 0 Å². The van der Waals surface area contributed by atoms with Crippen LogP contribution in [0.4, 0.5) is 11.8 Å². The van der Waals surface area contributed by atoms with E-state index in [0.717, 1.165) is 65.8 Å². The molecule has 1 aliphatic rings. The number of para-hydroxylation sites is 1. The van der Waals surface area contributed by atoms with Crippen LogP contribution in [0.3, 0.4) is 0 Å². The van der Waals surface area contributed by atoms with Gasteiger partial charge in [0.05, 0.1) is 19.4 Å². The third-order valence-corrected chi connectivity index (χ3v) is 5.58. The number of H-pyrrole nitrogens is 1. The van der Waals surface area contributed by atoms with Gasteiger partial charge in [0.2, 0.25) is 5.95 Å². The second-order valence-corrected chi connectivity index (χ2v) is 7.61. The number of hydrogen-bond acceptors (Lipinski definition) is 7. The fourth-order valence-electron chi connectivity index (χ4n) is 3.06. The first kappa shape index (κ1) is 18.8. The lowest BCUT2D eigenvalue weighted by atomic mass is 10.2. The zero-order valence-corrected chi connectivity index (χ0v) is 16.7. The maximum absolute atomic E-state index is 5.46.